The summed E-state index contributed by atoms with van der Waals surface area (Å²) in [6, 6.07) is 20.3. The van der Waals surface area contributed by atoms with Crippen LogP contribution in [0.4, 0.5) is 4.39 Å². The number of pyridine rings is 2. The van der Waals surface area contributed by atoms with E-state index < -0.39 is 0 Å². The molecule has 2 aromatic heterocycles. The smallest absolute Gasteiger partial charge is 0.263 e. The van der Waals surface area contributed by atoms with Crippen molar-refractivity contribution < 1.29 is 4.39 Å². The van der Waals surface area contributed by atoms with Crippen LogP contribution in [0.2, 0.25) is 5.02 Å². The number of aromatic nitrogens is 2. The molecule has 4 aromatic rings. The van der Waals surface area contributed by atoms with Gasteiger partial charge in [-0.25, -0.2) is 4.39 Å². The van der Waals surface area contributed by atoms with Crippen molar-refractivity contribution in [3.8, 4) is 28.1 Å². The Morgan fingerprint density at radius 3 is 2.33 bits per heavy atom. The van der Waals surface area contributed by atoms with E-state index in [1.165, 1.54) is 16.7 Å². The van der Waals surface area contributed by atoms with Crippen molar-refractivity contribution in [2.45, 2.75) is 0 Å². The average Bonchev–Trinajstić information content (AvgIpc) is 2.70. The highest BCUT2D eigenvalue weighted by Gasteiger charge is 2.14. The van der Waals surface area contributed by atoms with Crippen LogP contribution < -0.4 is 5.56 Å². The van der Waals surface area contributed by atoms with Gasteiger partial charge in [0.2, 0.25) is 0 Å². The molecule has 0 unspecified atom stereocenters. The summed E-state index contributed by atoms with van der Waals surface area (Å²) in [5.74, 6) is -0.362. The second-order valence-electron chi connectivity index (χ2n) is 5.99. The molecule has 0 aliphatic rings. The highest BCUT2D eigenvalue weighted by Crippen LogP contribution is 2.28. The lowest BCUT2D eigenvalue weighted by atomic mass is 10.0. The fraction of sp³-hybridized carbons (Fsp3) is 0. The average molecular weight is 377 g/mol. The Morgan fingerprint density at radius 2 is 1.63 bits per heavy atom. The van der Waals surface area contributed by atoms with E-state index in [4.69, 9.17) is 11.6 Å². The summed E-state index contributed by atoms with van der Waals surface area (Å²) in [5.41, 5.74) is 2.89. The molecule has 2 aromatic carbocycles. The largest absolute Gasteiger partial charge is 0.283 e. The second kappa shape index (κ2) is 7.17. The molecule has 0 aliphatic heterocycles. The monoisotopic (exact) mass is 376 g/mol. The minimum atomic E-state index is -0.362. The fourth-order valence-electron chi connectivity index (χ4n) is 2.92. The molecule has 0 bridgehead atoms. The van der Waals surface area contributed by atoms with Crippen LogP contribution in [0.1, 0.15) is 0 Å². The number of rotatable bonds is 3. The van der Waals surface area contributed by atoms with Crippen LogP contribution in [0.15, 0.2) is 90.0 Å². The highest BCUT2D eigenvalue weighted by atomic mass is 35.5. The minimum absolute atomic E-state index is 0.241. The molecule has 3 nitrogen and oxygen atoms in total. The lowest BCUT2D eigenvalue weighted by molar-refractivity contribution is 0.627. The number of hydrogen-bond acceptors (Lipinski definition) is 2. The summed E-state index contributed by atoms with van der Waals surface area (Å²) in [4.78, 5) is 17.6. The van der Waals surface area contributed by atoms with Gasteiger partial charge in [0.25, 0.3) is 5.56 Å². The molecule has 0 amide bonds. The molecule has 0 aliphatic carbocycles. The van der Waals surface area contributed by atoms with Crippen LogP contribution in [0, 0.1) is 5.82 Å². The summed E-state index contributed by atoms with van der Waals surface area (Å²) in [6.45, 7) is 0. The van der Waals surface area contributed by atoms with E-state index in [9.17, 15) is 9.18 Å². The predicted octanol–water partition coefficient (Wildman–Crippen LogP) is 5.36. The normalized spacial score (nSPS) is 10.7. The zero-order valence-electron chi connectivity index (χ0n) is 14.1. The Morgan fingerprint density at radius 1 is 0.889 bits per heavy atom. The maximum Gasteiger partial charge on any atom is 0.263 e. The first-order valence-electron chi connectivity index (χ1n) is 8.32. The van der Waals surface area contributed by atoms with Crippen LogP contribution in [-0.2, 0) is 0 Å². The molecule has 0 fully saturated rings. The molecule has 0 saturated carbocycles. The predicted molar refractivity (Wildman–Crippen MR) is 106 cm³/mol. The number of nitrogens with zero attached hydrogens (tertiary/aromatic N) is 2. The Kier molecular flexibility index (Phi) is 4.57. The fourth-order valence-corrected chi connectivity index (χ4v) is 3.16. The Labute approximate surface area is 160 Å². The number of hydrogen-bond donors (Lipinski definition) is 0. The van der Waals surface area contributed by atoms with E-state index in [0.717, 1.165) is 11.3 Å². The van der Waals surface area contributed by atoms with E-state index in [1.54, 1.807) is 42.7 Å². The molecule has 132 valence electrons. The molecule has 27 heavy (non-hydrogen) atoms. The first-order valence-corrected chi connectivity index (χ1v) is 8.70. The second-order valence-corrected chi connectivity index (χ2v) is 6.40. The molecule has 0 radical (unpaired) electrons. The molecular weight excluding hydrogens is 363 g/mol. The van der Waals surface area contributed by atoms with Crippen molar-refractivity contribution >= 4 is 11.6 Å². The van der Waals surface area contributed by atoms with Gasteiger partial charge < -0.3 is 0 Å². The number of benzene rings is 2. The minimum Gasteiger partial charge on any atom is -0.283 e. The summed E-state index contributed by atoms with van der Waals surface area (Å²) in [5, 5.41) is 0.485. The molecule has 4 rings (SSSR count). The van der Waals surface area contributed by atoms with E-state index >= 15 is 0 Å². The van der Waals surface area contributed by atoms with Crippen LogP contribution in [0.5, 0.6) is 0 Å². The lowest BCUT2D eigenvalue weighted by Crippen LogP contribution is -2.20. The van der Waals surface area contributed by atoms with Crippen LogP contribution >= 0.6 is 11.6 Å². The van der Waals surface area contributed by atoms with Crippen LogP contribution in [0.25, 0.3) is 28.1 Å². The summed E-state index contributed by atoms with van der Waals surface area (Å²) in [7, 11) is 0. The Balaban J connectivity index is 2.01. The molecule has 0 N–H and O–H groups in total. The molecule has 2 heterocycles. The zero-order chi connectivity index (χ0) is 18.8. The third kappa shape index (κ3) is 3.39. The van der Waals surface area contributed by atoms with Crippen molar-refractivity contribution in [3.63, 3.8) is 0 Å². The van der Waals surface area contributed by atoms with E-state index in [2.05, 4.69) is 4.98 Å². The topological polar surface area (TPSA) is 34.9 Å². The quantitative estimate of drug-likeness (QED) is 0.482. The zero-order valence-corrected chi connectivity index (χ0v) is 14.9. The number of halogens is 2. The van der Waals surface area contributed by atoms with Gasteiger partial charge in [0.1, 0.15) is 5.82 Å². The molecule has 0 saturated heterocycles. The lowest BCUT2D eigenvalue weighted by Gasteiger charge is -2.13. The first kappa shape index (κ1) is 17.2. The van der Waals surface area contributed by atoms with Gasteiger partial charge in [-0.05, 0) is 48.5 Å². The van der Waals surface area contributed by atoms with Crippen molar-refractivity contribution in [1.82, 2.24) is 9.55 Å². The highest BCUT2D eigenvalue weighted by molar-refractivity contribution is 6.33. The summed E-state index contributed by atoms with van der Waals surface area (Å²) in [6.07, 6.45) is 3.40. The molecular formula is C22H14ClFN2O. The summed E-state index contributed by atoms with van der Waals surface area (Å²) < 4.78 is 14.8. The Hall–Kier alpha value is -3.24. The van der Waals surface area contributed by atoms with Gasteiger partial charge in [-0.1, -0.05) is 35.9 Å². The van der Waals surface area contributed by atoms with E-state index in [1.807, 2.05) is 30.3 Å². The van der Waals surface area contributed by atoms with Gasteiger partial charge in [-0.3, -0.25) is 14.3 Å². The van der Waals surface area contributed by atoms with Gasteiger partial charge in [0, 0.05) is 39.8 Å². The van der Waals surface area contributed by atoms with Crippen molar-refractivity contribution in [2.75, 3.05) is 0 Å². The van der Waals surface area contributed by atoms with E-state index in [-0.39, 0.29) is 11.4 Å². The van der Waals surface area contributed by atoms with Gasteiger partial charge in [-0.2, -0.15) is 0 Å². The van der Waals surface area contributed by atoms with Gasteiger partial charge in [-0.15, -0.1) is 0 Å². The van der Waals surface area contributed by atoms with Crippen molar-refractivity contribution in [1.29, 1.82) is 0 Å². The third-order valence-corrected chi connectivity index (χ3v) is 4.58. The van der Waals surface area contributed by atoms with E-state index in [0.29, 0.717) is 21.8 Å². The Bertz CT molecular complexity index is 1160. The van der Waals surface area contributed by atoms with Gasteiger partial charge >= 0.3 is 0 Å². The van der Waals surface area contributed by atoms with Crippen molar-refractivity contribution in [3.05, 3.63) is 106 Å². The van der Waals surface area contributed by atoms with Gasteiger partial charge in [0.15, 0.2) is 0 Å². The van der Waals surface area contributed by atoms with Gasteiger partial charge in [0.05, 0.1) is 5.69 Å². The maximum absolute atomic E-state index is 13.3. The SMILES string of the molecule is O=c1c(-c2ccccc2Cl)cc(-c2ccccn2)cn1-c1ccc(F)cc1. The molecule has 5 heteroatoms. The summed E-state index contributed by atoms with van der Waals surface area (Å²) >= 11 is 6.33. The van der Waals surface area contributed by atoms with Crippen LogP contribution in [-0.4, -0.2) is 9.55 Å². The first-order chi connectivity index (χ1) is 13.1. The standard InChI is InChI=1S/C22H14ClFN2O/c23-20-6-2-1-5-18(20)19-13-15(21-7-3-4-12-25-21)14-26(22(19)27)17-10-8-16(24)9-11-17/h1-14H. The van der Waals surface area contributed by atoms with Crippen molar-refractivity contribution in [2.24, 2.45) is 0 Å². The molecule has 0 spiro atoms. The maximum atomic E-state index is 13.3. The van der Waals surface area contributed by atoms with Crippen LogP contribution in [0.3, 0.4) is 0 Å². The molecule has 0 atom stereocenters. The third-order valence-electron chi connectivity index (χ3n) is 4.25.